The number of nitrogens with zero attached hydrogens (tertiary/aromatic N) is 1. The standard InChI is InChI=1S/C8H15NO/c1-9-4-2-8-7(6-9)3-5-10-8/h7-8H,2-6H2,1H3/t7-,8-/m1/s1. The molecule has 0 N–H and O–H groups in total. The summed E-state index contributed by atoms with van der Waals surface area (Å²) in [5.41, 5.74) is 0. The third-order valence-corrected chi connectivity index (χ3v) is 2.69. The number of piperidine rings is 1. The average molecular weight is 141 g/mol. The van der Waals surface area contributed by atoms with Gasteiger partial charge in [-0.1, -0.05) is 0 Å². The molecule has 0 unspecified atom stereocenters. The molecule has 0 aliphatic carbocycles. The predicted octanol–water partition coefficient (Wildman–Crippen LogP) is 0.727. The Morgan fingerprint density at radius 2 is 2.30 bits per heavy atom. The van der Waals surface area contributed by atoms with Crippen LogP contribution in [0, 0.1) is 5.92 Å². The summed E-state index contributed by atoms with van der Waals surface area (Å²) in [6.45, 7) is 3.48. The molecule has 2 heterocycles. The molecule has 0 amide bonds. The van der Waals surface area contributed by atoms with Crippen LogP contribution in [0.5, 0.6) is 0 Å². The van der Waals surface area contributed by atoms with Gasteiger partial charge in [0.15, 0.2) is 0 Å². The van der Waals surface area contributed by atoms with Crippen LogP contribution in [0.25, 0.3) is 0 Å². The Morgan fingerprint density at radius 3 is 3.20 bits per heavy atom. The highest BCUT2D eigenvalue weighted by Gasteiger charge is 2.32. The lowest BCUT2D eigenvalue weighted by Crippen LogP contribution is -2.38. The van der Waals surface area contributed by atoms with E-state index in [1.54, 1.807) is 0 Å². The summed E-state index contributed by atoms with van der Waals surface area (Å²) < 4.78 is 5.58. The van der Waals surface area contributed by atoms with Gasteiger partial charge in [-0.25, -0.2) is 0 Å². The molecule has 0 radical (unpaired) electrons. The van der Waals surface area contributed by atoms with Gasteiger partial charge >= 0.3 is 0 Å². The van der Waals surface area contributed by atoms with Crippen LogP contribution in [0.15, 0.2) is 0 Å². The smallest absolute Gasteiger partial charge is 0.0628 e. The minimum absolute atomic E-state index is 0.608. The van der Waals surface area contributed by atoms with Crippen molar-refractivity contribution in [3.05, 3.63) is 0 Å². The number of hydrogen-bond donors (Lipinski definition) is 0. The maximum atomic E-state index is 5.58. The number of fused-ring (bicyclic) bond motifs is 1. The van der Waals surface area contributed by atoms with Crippen molar-refractivity contribution in [1.82, 2.24) is 4.90 Å². The Balaban J connectivity index is 1.96. The largest absolute Gasteiger partial charge is 0.378 e. The van der Waals surface area contributed by atoms with Gasteiger partial charge in [0.25, 0.3) is 0 Å². The summed E-state index contributed by atoms with van der Waals surface area (Å²) in [5.74, 6) is 0.846. The van der Waals surface area contributed by atoms with E-state index in [0.717, 1.165) is 12.5 Å². The topological polar surface area (TPSA) is 12.5 Å². The van der Waals surface area contributed by atoms with Crippen molar-refractivity contribution < 1.29 is 4.74 Å². The van der Waals surface area contributed by atoms with Gasteiger partial charge in [0.2, 0.25) is 0 Å². The summed E-state index contributed by atoms with van der Waals surface area (Å²) in [7, 11) is 2.20. The third kappa shape index (κ3) is 1.06. The molecule has 2 saturated heterocycles. The van der Waals surface area contributed by atoms with Crippen LogP contribution < -0.4 is 0 Å². The maximum Gasteiger partial charge on any atom is 0.0628 e. The first kappa shape index (κ1) is 6.62. The van der Waals surface area contributed by atoms with E-state index >= 15 is 0 Å². The van der Waals surface area contributed by atoms with Gasteiger partial charge in [-0.2, -0.15) is 0 Å². The highest BCUT2D eigenvalue weighted by molar-refractivity contribution is 4.83. The zero-order valence-corrected chi connectivity index (χ0v) is 6.55. The highest BCUT2D eigenvalue weighted by atomic mass is 16.5. The molecule has 2 atom stereocenters. The third-order valence-electron chi connectivity index (χ3n) is 2.69. The van der Waals surface area contributed by atoms with Crippen molar-refractivity contribution in [3.63, 3.8) is 0 Å². The van der Waals surface area contributed by atoms with Crippen LogP contribution in [0.1, 0.15) is 12.8 Å². The molecule has 2 aliphatic heterocycles. The van der Waals surface area contributed by atoms with E-state index in [1.807, 2.05) is 0 Å². The van der Waals surface area contributed by atoms with Crippen LogP contribution in [-0.4, -0.2) is 37.7 Å². The van der Waals surface area contributed by atoms with Gasteiger partial charge in [-0.15, -0.1) is 0 Å². The molecule has 0 aromatic heterocycles. The second kappa shape index (κ2) is 2.51. The predicted molar refractivity (Wildman–Crippen MR) is 40.0 cm³/mol. The molecule has 0 aromatic carbocycles. The van der Waals surface area contributed by atoms with Crippen molar-refractivity contribution in [1.29, 1.82) is 0 Å². The Labute approximate surface area is 62.2 Å². The number of rotatable bonds is 0. The SMILES string of the molecule is CN1CC[C@H]2OCC[C@@H]2C1. The van der Waals surface area contributed by atoms with E-state index in [-0.39, 0.29) is 0 Å². The zero-order chi connectivity index (χ0) is 6.97. The van der Waals surface area contributed by atoms with Crippen LogP contribution in [-0.2, 0) is 4.74 Å². The summed E-state index contributed by atoms with van der Waals surface area (Å²) in [6.07, 6.45) is 3.15. The summed E-state index contributed by atoms with van der Waals surface area (Å²) in [4.78, 5) is 2.41. The Bertz CT molecular complexity index is 126. The molecular weight excluding hydrogens is 126 g/mol. The van der Waals surface area contributed by atoms with E-state index in [0.29, 0.717) is 6.10 Å². The molecule has 2 fully saturated rings. The Morgan fingerprint density at radius 1 is 1.40 bits per heavy atom. The van der Waals surface area contributed by atoms with Gasteiger partial charge in [0.1, 0.15) is 0 Å². The summed E-state index contributed by atoms with van der Waals surface area (Å²) >= 11 is 0. The quantitative estimate of drug-likeness (QED) is 0.493. The van der Waals surface area contributed by atoms with Gasteiger partial charge in [0, 0.05) is 25.6 Å². The van der Waals surface area contributed by atoms with E-state index in [1.165, 1.54) is 25.9 Å². The number of ether oxygens (including phenoxy) is 1. The number of hydrogen-bond acceptors (Lipinski definition) is 2. The molecule has 2 nitrogen and oxygen atoms in total. The molecule has 0 saturated carbocycles. The number of likely N-dealkylation sites (tertiary alicyclic amines) is 1. The maximum absolute atomic E-state index is 5.58. The molecule has 10 heavy (non-hydrogen) atoms. The molecule has 58 valence electrons. The fourth-order valence-electron chi connectivity index (χ4n) is 2.06. The van der Waals surface area contributed by atoms with Crippen molar-refractivity contribution >= 4 is 0 Å². The normalized spacial score (nSPS) is 41.7. The lowest BCUT2D eigenvalue weighted by Gasteiger charge is -2.31. The van der Waals surface area contributed by atoms with Crippen molar-refractivity contribution in [3.8, 4) is 0 Å². The van der Waals surface area contributed by atoms with Gasteiger partial charge in [-0.05, 0) is 19.9 Å². The average Bonchev–Trinajstić information content (AvgIpc) is 2.33. The molecule has 0 spiro atoms. The summed E-state index contributed by atoms with van der Waals surface area (Å²) in [6, 6.07) is 0. The lowest BCUT2D eigenvalue weighted by atomic mass is 9.95. The minimum atomic E-state index is 0.608. The van der Waals surface area contributed by atoms with Gasteiger partial charge in [-0.3, -0.25) is 0 Å². The van der Waals surface area contributed by atoms with E-state index < -0.39 is 0 Å². The lowest BCUT2D eigenvalue weighted by molar-refractivity contribution is 0.0428. The summed E-state index contributed by atoms with van der Waals surface area (Å²) in [5, 5.41) is 0. The monoisotopic (exact) mass is 141 g/mol. The van der Waals surface area contributed by atoms with Crippen LogP contribution in [0.3, 0.4) is 0 Å². The van der Waals surface area contributed by atoms with Crippen LogP contribution in [0.4, 0.5) is 0 Å². The van der Waals surface area contributed by atoms with Crippen molar-refractivity contribution in [2.24, 2.45) is 5.92 Å². The fourth-order valence-corrected chi connectivity index (χ4v) is 2.06. The second-order valence-corrected chi connectivity index (χ2v) is 3.51. The first-order valence-corrected chi connectivity index (χ1v) is 4.16. The minimum Gasteiger partial charge on any atom is -0.378 e. The van der Waals surface area contributed by atoms with E-state index in [2.05, 4.69) is 11.9 Å². The van der Waals surface area contributed by atoms with Gasteiger partial charge in [0.05, 0.1) is 6.10 Å². The van der Waals surface area contributed by atoms with Crippen molar-refractivity contribution in [2.45, 2.75) is 18.9 Å². The first-order valence-electron chi connectivity index (χ1n) is 4.16. The molecule has 2 aliphatic rings. The van der Waals surface area contributed by atoms with Crippen LogP contribution in [0.2, 0.25) is 0 Å². The highest BCUT2D eigenvalue weighted by Crippen LogP contribution is 2.27. The van der Waals surface area contributed by atoms with Gasteiger partial charge < -0.3 is 9.64 Å². The Hall–Kier alpha value is -0.0800. The molecule has 2 heteroatoms. The fraction of sp³-hybridized carbons (Fsp3) is 1.00. The first-order chi connectivity index (χ1) is 4.86. The van der Waals surface area contributed by atoms with E-state index in [9.17, 15) is 0 Å². The van der Waals surface area contributed by atoms with Crippen LogP contribution >= 0.6 is 0 Å². The Kier molecular flexibility index (Phi) is 1.66. The second-order valence-electron chi connectivity index (χ2n) is 3.51. The molecule has 2 rings (SSSR count). The van der Waals surface area contributed by atoms with E-state index in [4.69, 9.17) is 4.74 Å². The molecular formula is C8H15NO. The van der Waals surface area contributed by atoms with Crippen molar-refractivity contribution in [2.75, 3.05) is 26.7 Å². The zero-order valence-electron chi connectivity index (χ0n) is 6.55. The molecule has 0 bridgehead atoms. The molecule has 0 aromatic rings.